The van der Waals surface area contributed by atoms with Gasteiger partial charge in [-0.1, -0.05) is 29.3 Å². The maximum atomic E-state index is 12.5. The first-order chi connectivity index (χ1) is 13.3. The van der Waals surface area contributed by atoms with Crippen LogP contribution in [-0.2, 0) is 6.54 Å². The predicted octanol–water partition coefficient (Wildman–Crippen LogP) is 4.66. The molecule has 28 heavy (non-hydrogen) atoms. The van der Waals surface area contributed by atoms with Crippen LogP contribution in [0.15, 0.2) is 65.6 Å². The quantitative estimate of drug-likeness (QED) is 0.617. The van der Waals surface area contributed by atoms with Crippen molar-refractivity contribution in [3.63, 3.8) is 0 Å². The van der Waals surface area contributed by atoms with E-state index in [0.29, 0.717) is 32.4 Å². The van der Waals surface area contributed by atoms with E-state index in [2.05, 4.69) is 5.32 Å². The largest absolute Gasteiger partial charge is 0.322 e. The Morgan fingerprint density at radius 1 is 0.964 bits per heavy atom. The molecule has 1 N–H and O–H groups in total. The molecule has 1 heterocycles. The predicted molar refractivity (Wildman–Crippen MR) is 111 cm³/mol. The molecule has 0 atom stereocenters. The number of carbonyl (C=O) groups excluding carboxylic acids is 2. The minimum Gasteiger partial charge on any atom is -0.322 e. The third-order valence-corrected chi connectivity index (χ3v) is 4.74. The highest BCUT2D eigenvalue weighted by Crippen LogP contribution is 2.21. The first kappa shape index (κ1) is 19.9. The number of anilines is 1. The molecule has 2 aromatic carbocycles. The summed E-state index contributed by atoms with van der Waals surface area (Å²) in [7, 11) is 0. The minimum absolute atomic E-state index is 0.0502. The van der Waals surface area contributed by atoms with Crippen LogP contribution < -0.4 is 10.9 Å². The van der Waals surface area contributed by atoms with E-state index in [0.717, 1.165) is 0 Å². The number of carbonyl (C=O) groups is 2. The van der Waals surface area contributed by atoms with Crippen LogP contribution in [0, 0.1) is 0 Å². The third-order valence-electron chi connectivity index (χ3n) is 4.15. The summed E-state index contributed by atoms with van der Waals surface area (Å²) in [6.45, 7) is 1.69. The summed E-state index contributed by atoms with van der Waals surface area (Å²) < 4.78 is 1.41. The molecule has 5 nitrogen and oxygen atoms in total. The van der Waals surface area contributed by atoms with Crippen LogP contribution in [0.3, 0.4) is 0 Å². The molecule has 1 aromatic heterocycles. The molecule has 0 aliphatic heterocycles. The van der Waals surface area contributed by atoms with Gasteiger partial charge in [0.05, 0.1) is 12.1 Å². The van der Waals surface area contributed by atoms with E-state index in [1.54, 1.807) is 42.5 Å². The number of Topliss-reactive ketones (excluding diaryl/α,β-unsaturated/α-hetero) is 1. The summed E-state index contributed by atoms with van der Waals surface area (Å²) >= 11 is 12.1. The third kappa shape index (κ3) is 4.68. The Morgan fingerprint density at radius 2 is 1.64 bits per heavy atom. The van der Waals surface area contributed by atoms with Crippen LogP contribution in [0.5, 0.6) is 0 Å². The van der Waals surface area contributed by atoms with Gasteiger partial charge >= 0.3 is 0 Å². The highest BCUT2D eigenvalue weighted by molar-refractivity contribution is 6.35. The molecule has 0 saturated carbocycles. The van der Waals surface area contributed by atoms with Crippen molar-refractivity contribution in [2.45, 2.75) is 13.5 Å². The summed E-state index contributed by atoms with van der Waals surface area (Å²) in [4.78, 5) is 36.0. The van der Waals surface area contributed by atoms with Gasteiger partial charge in [0, 0.05) is 33.6 Å². The molecule has 3 rings (SSSR count). The lowest BCUT2D eigenvalue weighted by Crippen LogP contribution is -2.22. The average Bonchev–Trinajstić information content (AvgIpc) is 2.66. The molecular formula is C21H16Cl2N2O3. The lowest BCUT2D eigenvalue weighted by Gasteiger charge is -2.11. The second-order valence-electron chi connectivity index (χ2n) is 6.21. The maximum Gasteiger partial charge on any atom is 0.257 e. The van der Waals surface area contributed by atoms with Crippen molar-refractivity contribution < 1.29 is 9.59 Å². The number of ketones is 1. The Kier molecular flexibility index (Phi) is 5.97. The van der Waals surface area contributed by atoms with Gasteiger partial charge < -0.3 is 9.88 Å². The lowest BCUT2D eigenvalue weighted by atomic mass is 10.1. The number of aromatic nitrogens is 1. The average molecular weight is 415 g/mol. The standard InChI is InChI=1S/C21H16Cl2N2O3/c1-13(26)14-3-7-18(8-4-14)24-21(28)16-5-9-20(27)25(12-16)11-15-2-6-17(22)10-19(15)23/h2-10,12H,11H2,1H3,(H,24,28). The fourth-order valence-electron chi connectivity index (χ4n) is 2.61. The second kappa shape index (κ2) is 8.42. The number of hydrogen-bond acceptors (Lipinski definition) is 3. The topological polar surface area (TPSA) is 68.2 Å². The van der Waals surface area contributed by atoms with Gasteiger partial charge in [0.1, 0.15) is 0 Å². The van der Waals surface area contributed by atoms with Gasteiger partial charge in [-0.05, 0) is 55.0 Å². The number of halogens is 2. The molecule has 142 valence electrons. The van der Waals surface area contributed by atoms with E-state index >= 15 is 0 Å². The molecule has 0 fully saturated rings. The fourth-order valence-corrected chi connectivity index (χ4v) is 3.08. The summed E-state index contributed by atoms with van der Waals surface area (Å²) in [5.41, 5.74) is 1.89. The Morgan fingerprint density at radius 3 is 2.29 bits per heavy atom. The van der Waals surface area contributed by atoms with E-state index in [4.69, 9.17) is 23.2 Å². The van der Waals surface area contributed by atoms with Crippen LogP contribution in [0.25, 0.3) is 0 Å². The maximum absolute atomic E-state index is 12.5. The van der Waals surface area contributed by atoms with E-state index in [1.165, 1.54) is 29.8 Å². The van der Waals surface area contributed by atoms with Gasteiger partial charge in [0.15, 0.2) is 5.78 Å². The van der Waals surface area contributed by atoms with Crippen molar-refractivity contribution in [1.29, 1.82) is 0 Å². The summed E-state index contributed by atoms with van der Waals surface area (Å²) in [5, 5.41) is 3.69. The zero-order valence-corrected chi connectivity index (χ0v) is 16.4. The summed E-state index contributed by atoms with van der Waals surface area (Å²) in [6, 6.07) is 14.4. The van der Waals surface area contributed by atoms with E-state index in [-0.39, 0.29) is 23.8 Å². The molecule has 3 aromatic rings. The first-order valence-electron chi connectivity index (χ1n) is 8.40. The Hall–Kier alpha value is -2.89. The van der Waals surface area contributed by atoms with Crippen molar-refractivity contribution in [3.05, 3.63) is 97.9 Å². The molecule has 0 aliphatic rings. The minimum atomic E-state index is -0.369. The van der Waals surface area contributed by atoms with Gasteiger partial charge in [0.25, 0.3) is 11.5 Å². The zero-order valence-electron chi connectivity index (χ0n) is 14.9. The summed E-state index contributed by atoms with van der Waals surface area (Å²) in [6.07, 6.45) is 1.48. The van der Waals surface area contributed by atoms with Crippen molar-refractivity contribution in [2.75, 3.05) is 5.32 Å². The van der Waals surface area contributed by atoms with E-state index in [1.807, 2.05) is 0 Å². The van der Waals surface area contributed by atoms with Crippen molar-refractivity contribution in [2.24, 2.45) is 0 Å². The number of nitrogens with one attached hydrogen (secondary N) is 1. The Labute approximate surface area is 171 Å². The number of benzene rings is 2. The van der Waals surface area contributed by atoms with Gasteiger partial charge in [-0.3, -0.25) is 14.4 Å². The molecular weight excluding hydrogens is 399 g/mol. The number of nitrogens with zero attached hydrogens (tertiary/aromatic N) is 1. The van der Waals surface area contributed by atoms with E-state index in [9.17, 15) is 14.4 Å². The fraction of sp³-hybridized carbons (Fsp3) is 0.0952. The van der Waals surface area contributed by atoms with Gasteiger partial charge in [-0.2, -0.15) is 0 Å². The smallest absolute Gasteiger partial charge is 0.257 e. The van der Waals surface area contributed by atoms with Gasteiger partial charge in [-0.25, -0.2) is 0 Å². The van der Waals surface area contributed by atoms with Crippen LogP contribution in [0.1, 0.15) is 33.2 Å². The Bertz CT molecular complexity index is 1110. The lowest BCUT2D eigenvalue weighted by molar-refractivity contribution is 0.101. The number of rotatable bonds is 5. The SMILES string of the molecule is CC(=O)c1ccc(NC(=O)c2ccc(=O)n(Cc3ccc(Cl)cc3Cl)c2)cc1. The molecule has 0 unspecified atom stereocenters. The highest BCUT2D eigenvalue weighted by Gasteiger charge is 2.10. The van der Waals surface area contributed by atoms with E-state index < -0.39 is 0 Å². The zero-order chi connectivity index (χ0) is 20.3. The molecule has 1 amide bonds. The van der Waals surface area contributed by atoms with Crippen molar-refractivity contribution in [3.8, 4) is 0 Å². The monoisotopic (exact) mass is 414 g/mol. The van der Waals surface area contributed by atoms with Crippen LogP contribution in [-0.4, -0.2) is 16.3 Å². The van der Waals surface area contributed by atoms with Gasteiger partial charge in [-0.15, -0.1) is 0 Å². The second-order valence-corrected chi connectivity index (χ2v) is 7.05. The van der Waals surface area contributed by atoms with Crippen LogP contribution >= 0.6 is 23.2 Å². The highest BCUT2D eigenvalue weighted by atomic mass is 35.5. The molecule has 0 spiro atoms. The van der Waals surface area contributed by atoms with Crippen molar-refractivity contribution >= 4 is 40.6 Å². The molecule has 0 aliphatic carbocycles. The molecule has 0 bridgehead atoms. The van der Waals surface area contributed by atoms with Crippen LogP contribution in [0.2, 0.25) is 10.0 Å². The number of pyridine rings is 1. The molecule has 7 heteroatoms. The number of hydrogen-bond donors (Lipinski definition) is 1. The number of amides is 1. The van der Waals surface area contributed by atoms with Gasteiger partial charge in [0.2, 0.25) is 0 Å². The molecule has 0 saturated heterocycles. The normalized spacial score (nSPS) is 10.5. The molecule has 0 radical (unpaired) electrons. The van der Waals surface area contributed by atoms with Crippen molar-refractivity contribution in [1.82, 2.24) is 4.57 Å². The summed E-state index contributed by atoms with van der Waals surface area (Å²) in [5.74, 6) is -0.419. The first-order valence-corrected chi connectivity index (χ1v) is 9.16. The Balaban J connectivity index is 1.80. The van der Waals surface area contributed by atoms with Crippen LogP contribution in [0.4, 0.5) is 5.69 Å².